The van der Waals surface area contributed by atoms with Crippen molar-refractivity contribution in [2.24, 2.45) is 0 Å². The number of nitrogens with zero attached hydrogens (tertiary/aromatic N) is 1. The van der Waals surface area contributed by atoms with Gasteiger partial charge in [-0.3, -0.25) is 0 Å². The normalized spacial score (nSPS) is 11.7. The lowest BCUT2D eigenvalue weighted by molar-refractivity contribution is 0.889. The van der Waals surface area contributed by atoms with E-state index in [1.165, 1.54) is 46.9 Å². The smallest absolute Gasteiger partial charge is 0.157 e. The molecule has 4 rings (SSSR count). The van der Waals surface area contributed by atoms with Gasteiger partial charge in [0.25, 0.3) is 14.1 Å². The van der Waals surface area contributed by atoms with E-state index in [0.717, 1.165) is 12.3 Å². The molecule has 0 saturated carbocycles. The molecule has 0 bridgehead atoms. The lowest BCUT2D eigenvalue weighted by Gasteiger charge is -2.20. The molecule has 0 radical (unpaired) electrons. The lowest BCUT2D eigenvalue weighted by atomic mass is 10.4. The van der Waals surface area contributed by atoms with Gasteiger partial charge < -0.3 is 0 Å². The molecular weight excluding hydrogens is 460 g/mol. The highest BCUT2D eigenvalue weighted by atomic mass is 31.2. The van der Waals surface area contributed by atoms with Crippen LogP contribution in [0.2, 0.25) is 0 Å². The molecular formula is C32H38NP2+. The number of hydrogen-bond donors (Lipinski definition) is 0. The molecule has 180 valence electrons. The summed E-state index contributed by atoms with van der Waals surface area (Å²) in [4.78, 5) is 0. The van der Waals surface area contributed by atoms with Crippen LogP contribution in [0.3, 0.4) is 0 Å². The molecule has 3 heteroatoms. The van der Waals surface area contributed by atoms with E-state index < -0.39 is 14.1 Å². The summed E-state index contributed by atoms with van der Waals surface area (Å²) in [5, 5.41) is 5.64. The standard InChI is InChI=1S/C32H38NP2/c1-3-5-27-34(29-19-11-7-12-20-29,30-21-13-8-14-22-30)33-35(28-6-4-2,31-23-15-9-16-24-31)32-25-17-10-18-26-32/h7-26H,3-6,27-28H2,1-2H3/q+1. The molecule has 0 amide bonds. The van der Waals surface area contributed by atoms with Crippen LogP contribution >= 0.6 is 14.1 Å². The summed E-state index contributed by atoms with van der Waals surface area (Å²) in [7, 11) is -4.07. The van der Waals surface area contributed by atoms with Gasteiger partial charge in [-0.1, -0.05) is 99.5 Å². The molecule has 0 N–H and O–H groups in total. The van der Waals surface area contributed by atoms with E-state index >= 15 is 0 Å². The van der Waals surface area contributed by atoms with Crippen molar-refractivity contribution in [1.82, 2.24) is 4.17 Å². The molecule has 0 aliphatic heterocycles. The van der Waals surface area contributed by atoms with Crippen molar-refractivity contribution in [3.8, 4) is 0 Å². The van der Waals surface area contributed by atoms with Crippen LogP contribution < -0.4 is 25.4 Å². The van der Waals surface area contributed by atoms with Crippen LogP contribution in [0.1, 0.15) is 39.5 Å². The van der Waals surface area contributed by atoms with Gasteiger partial charge in [0, 0.05) is 12.3 Å². The number of rotatable bonds is 10. The van der Waals surface area contributed by atoms with Gasteiger partial charge in [-0.15, -0.1) is 0 Å². The molecule has 0 unspecified atom stereocenters. The van der Waals surface area contributed by atoms with Gasteiger partial charge in [0.05, 0.1) is 21.2 Å². The molecule has 0 spiro atoms. The molecule has 0 fully saturated rings. The Morgan fingerprint density at radius 1 is 0.429 bits per heavy atom. The van der Waals surface area contributed by atoms with Crippen LogP contribution in [0.5, 0.6) is 0 Å². The average molecular weight is 499 g/mol. The summed E-state index contributed by atoms with van der Waals surface area (Å²) in [6, 6.07) is 44.8. The fraction of sp³-hybridized carbons (Fsp3) is 0.250. The van der Waals surface area contributed by atoms with E-state index in [1.54, 1.807) is 0 Å². The second-order valence-corrected chi connectivity index (χ2v) is 15.9. The van der Waals surface area contributed by atoms with Crippen molar-refractivity contribution in [3.05, 3.63) is 121 Å². The first-order chi connectivity index (χ1) is 17.2. The maximum atomic E-state index is 6.32. The summed E-state index contributed by atoms with van der Waals surface area (Å²) in [5.74, 6) is 0. The molecule has 4 aromatic carbocycles. The first-order valence-electron chi connectivity index (χ1n) is 13.0. The van der Waals surface area contributed by atoms with Gasteiger partial charge in [-0.25, -0.2) is 0 Å². The first kappa shape index (κ1) is 25.5. The maximum Gasteiger partial charge on any atom is 0.272 e. The third-order valence-corrected chi connectivity index (χ3v) is 15.7. The zero-order chi connectivity index (χ0) is 24.4. The van der Waals surface area contributed by atoms with Gasteiger partial charge in [-0.05, 0) is 61.4 Å². The zero-order valence-electron chi connectivity index (χ0n) is 21.1. The third-order valence-electron chi connectivity index (χ3n) is 6.71. The van der Waals surface area contributed by atoms with Crippen LogP contribution in [0, 0.1) is 0 Å². The monoisotopic (exact) mass is 498 g/mol. The second kappa shape index (κ2) is 12.4. The Morgan fingerprint density at radius 2 is 0.686 bits per heavy atom. The average Bonchev–Trinajstić information content (AvgIpc) is 2.95. The largest absolute Gasteiger partial charge is 0.272 e. The van der Waals surface area contributed by atoms with E-state index in [1.807, 2.05) is 0 Å². The summed E-state index contributed by atoms with van der Waals surface area (Å²) in [5.41, 5.74) is 0. The molecule has 1 nitrogen and oxygen atoms in total. The highest BCUT2D eigenvalue weighted by Crippen LogP contribution is 2.52. The van der Waals surface area contributed by atoms with E-state index in [0.29, 0.717) is 0 Å². The topological polar surface area (TPSA) is 14.1 Å². The van der Waals surface area contributed by atoms with Gasteiger partial charge in [-0.2, -0.15) is 4.17 Å². The van der Waals surface area contributed by atoms with E-state index in [-0.39, 0.29) is 0 Å². The summed E-state index contributed by atoms with van der Waals surface area (Å²) in [6.45, 7) is 4.61. The minimum absolute atomic E-state index is 1.12. The third kappa shape index (κ3) is 5.66. The fourth-order valence-electron chi connectivity index (χ4n) is 4.84. The van der Waals surface area contributed by atoms with Gasteiger partial charge in [0.15, 0.2) is 0 Å². The van der Waals surface area contributed by atoms with E-state index in [9.17, 15) is 0 Å². The molecule has 0 heterocycles. The molecule has 0 aliphatic rings. The lowest BCUT2D eigenvalue weighted by Crippen LogP contribution is -2.25. The van der Waals surface area contributed by atoms with Gasteiger partial charge >= 0.3 is 0 Å². The molecule has 0 saturated heterocycles. The van der Waals surface area contributed by atoms with Crippen molar-refractivity contribution in [2.45, 2.75) is 39.5 Å². The van der Waals surface area contributed by atoms with Gasteiger partial charge in [0.2, 0.25) is 0 Å². The molecule has 0 aliphatic carbocycles. The quantitative estimate of drug-likeness (QED) is 0.160. The maximum absolute atomic E-state index is 6.32. The predicted octanol–water partition coefficient (Wildman–Crippen LogP) is 7.36. The predicted molar refractivity (Wildman–Crippen MR) is 160 cm³/mol. The van der Waals surface area contributed by atoms with Crippen molar-refractivity contribution < 1.29 is 0 Å². The molecule has 0 atom stereocenters. The van der Waals surface area contributed by atoms with Crippen LogP contribution in [-0.4, -0.2) is 12.3 Å². The summed E-state index contributed by atoms with van der Waals surface area (Å²) >= 11 is 0. The van der Waals surface area contributed by atoms with Crippen molar-refractivity contribution in [2.75, 3.05) is 12.3 Å². The summed E-state index contributed by atoms with van der Waals surface area (Å²) in [6.07, 6.45) is 6.94. The Hall–Kier alpha value is -2.55. The van der Waals surface area contributed by atoms with Crippen LogP contribution in [0.4, 0.5) is 0 Å². The van der Waals surface area contributed by atoms with Crippen molar-refractivity contribution >= 4 is 35.3 Å². The van der Waals surface area contributed by atoms with Crippen LogP contribution in [0.15, 0.2) is 121 Å². The Kier molecular flexibility index (Phi) is 9.06. The Labute approximate surface area is 212 Å². The molecule has 35 heavy (non-hydrogen) atoms. The Morgan fingerprint density at radius 3 is 0.914 bits per heavy atom. The first-order valence-corrected chi connectivity index (χ1v) is 16.8. The van der Waals surface area contributed by atoms with E-state index in [2.05, 4.69) is 135 Å². The summed E-state index contributed by atoms with van der Waals surface area (Å²) < 4.78 is 6.32. The minimum Gasteiger partial charge on any atom is -0.157 e. The van der Waals surface area contributed by atoms with Gasteiger partial charge in [0.1, 0.15) is 0 Å². The van der Waals surface area contributed by atoms with E-state index in [4.69, 9.17) is 4.17 Å². The zero-order valence-corrected chi connectivity index (χ0v) is 22.9. The van der Waals surface area contributed by atoms with Crippen LogP contribution in [0.25, 0.3) is 0 Å². The number of benzene rings is 4. The Bertz CT molecular complexity index is 1110. The highest BCUT2D eigenvalue weighted by molar-refractivity contribution is 7.87. The highest BCUT2D eigenvalue weighted by Gasteiger charge is 2.41. The number of unbranched alkanes of at least 4 members (excludes halogenated alkanes) is 2. The minimum atomic E-state index is -2.04. The Balaban J connectivity index is 2.30. The fourth-order valence-corrected chi connectivity index (χ4v) is 15.1. The van der Waals surface area contributed by atoms with Crippen LogP contribution in [-0.2, 0) is 0 Å². The van der Waals surface area contributed by atoms with Crippen molar-refractivity contribution in [3.63, 3.8) is 0 Å². The number of hydrogen-bond acceptors (Lipinski definition) is 0. The van der Waals surface area contributed by atoms with Crippen molar-refractivity contribution in [1.29, 1.82) is 0 Å². The second-order valence-electron chi connectivity index (χ2n) is 9.12. The molecule has 4 aromatic rings. The molecule has 0 aromatic heterocycles. The SMILES string of the molecule is CCCCP(=[N+]=P(CCCC)(c1ccccc1)c1ccccc1)(c1ccccc1)c1ccccc1.